The van der Waals surface area contributed by atoms with Crippen LogP contribution in [0.4, 0.5) is 11.4 Å². The van der Waals surface area contributed by atoms with Crippen LogP contribution < -0.4 is 11.1 Å². The Morgan fingerprint density at radius 3 is 2.65 bits per heavy atom. The number of anilines is 1. The summed E-state index contributed by atoms with van der Waals surface area (Å²) >= 11 is 1.04. The summed E-state index contributed by atoms with van der Waals surface area (Å²) in [6, 6.07) is 9.86. The zero-order valence-corrected chi connectivity index (χ0v) is 14.7. The number of rotatable bonds is 6. The van der Waals surface area contributed by atoms with Gasteiger partial charge in [-0.05, 0) is 54.7 Å². The molecule has 0 saturated carbocycles. The monoisotopic (exact) mass is 371 g/mol. The molecule has 7 nitrogen and oxygen atoms in total. The number of aryl methyl sites for hydroxylation is 2. The maximum absolute atomic E-state index is 12.2. The fraction of sp³-hybridized carbons (Fsp3) is 0.222. The summed E-state index contributed by atoms with van der Waals surface area (Å²) in [7, 11) is 0. The first kappa shape index (κ1) is 17.9. The summed E-state index contributed by atoms with van der Waals surface area (Å²) in [6.45, 7) is 0. The van der Waals surface area contributed by atoms with Gasteiger partial charge in [-0.1, -0.05) is 6.07 Å². The standard InChI is InChI=1S/C18H17N3O4S/c19-18(23)13-5-7-16(15(9-13)21(24)25)26-10-17(22)20-14-6-4-11-2-1-3-12(11)8-14/h4-9H,1-3,10H2,(H2,19,23)(H,20,22). The minimum atomic E-state index is -0.737. The SMILES string of the molecule is NC(=O)c1ccc(SCC(=O)Nc2ccc3c(c2)CCC3)c([N+](=O)[O-])c1. The normalized spacial score (nSPS) is 12.5. The first-order chi connectivity index (χ1) is 12.4. The molecule has 0 saturated heterocycles. The van der Waals surface area contributed by atoms with Crippen molar-refractivity contribution >= 4 is 35.0 Å². The van der Waals surface area contributed by atoms with Crippen LogP contribution >= 0.6 is 11.8 Å². The van der Waals surface area contributed by atoms with Crippen LogP contribution in [0.3, 0.4) is 0 Å². The van der Waals surface area contributed by atoms with Gasteiger partial charge in [0, 0.05) is 17.3 Å². The Balaban J connectivity index is 1.66. The molecule has 0 unspecified atom stereocenters. The minimum Gasteiger partial charge on any atom is -0.366 e. The van der Waals surface area contributed by atoms with Crippen LogP contribution in [0.15, 0.2) is 41.3 Å². The second-order valence-electron chi connectivity index (χ2n) is 5.98. The molecule has 3 N–H and O–H groups in total. The van der Waals surface area contributed by atoms with E-state index >= 15 is 0 Å². The highest BCUT2D eigenvalue weighted by atomic mass is 32.2. The summed E-state index contributed by atoms with van der Waals surface area (Å²) < 4.78 is 0. The molecule has 8 heteroatoms. The van der Waals surface area contributed by atoms with Gasteiger partial charge in [-0.25, -0.2) is 0 Å². The van der Waals surface area contributed by atoms with Gasteiger partial charge >= 0.3 is 0 Å². The number of thioether (sulfide) groups is 1. The number of hydrogen-bond acceptors (Lipinski definition) is 5. The molecular weight excluding hydrogens is 354 g/mol. The third-order valence-corrected chi connectivity index (χ3v) is 5.24. The van der Waals surface area contributed by atoms with Crippen molar-refractivity contribution in [2.45, 2.75) is 24.2 Å². The van der Waals surface area contributed by atoms with Gasteiger partial charge in [0.2, 0.25) is 11.8 Å². The number of nitrogens with two attached hydrogens (primary N) is 1. The lowest BCUT2D eigenvalue weighted by Gasteiger charge is -2.08. The number of nitrogens with zero attached hydrogens (tertiary/aromatic N) is 1. The van der Waals surface area contributed by atoms with Gasteiger partial charge in [0.25, 0.3) is 5.69 Å². The highest BCUT2D eigenvalue weighted by Gasteiger charge is 2.18. The molecule has 0 heterocycles. The molecule has 0 atom stereocenters. The van der Waals surface area contributed by atoms with Crippen molar-refractivity contribution in [3.8, 4) is 0 Å². The number of carbonyl (C=O) groups excluding carboxylic acids is 2. The number of nitro groups is 1. The summed E-state index contributed by atoms with van der Waals surface area (Å²) in [4.78, 5) is 34.2. The molecular formula is C18H17N3O4S. The second-order valence-corrected chi connectivity index (χ2v) is 6.99. The molecule has 0 fully saturated rings. The number of benzene rings is 2. The lowest BCUT2D eigenvalue weighted by Crippen LogP contribution is -2.14. The van der Waals surface area contributed by atoms with Gasteiger partial charge in [-0.15, -0.1) is 11.8 Å². The van der Waals surface area contributed by atoms with E-state index in [1.165, 1.54) is 23.3 Å². The third-order valence-electron chi connectivity index (χ3n) is 4.18. The van der Waals surface area contributed by atoms with E-state index in [1.807, 2.05) is 18.2 Å². The lowest BCUT2D eigenvalue weighted by molar-refractivity contribution is -0.387. The fourth-order valence-corrected chi connectivity index (χ4v) is 3.73. The average molecular weight is 371 g/mol. The lowest BCUT2D eigenvalue weighted by atomic mass is 10.1. The third kappa shape index (κ3) is 4.02. The van der Waals surface area contributed by atoms with Crippen LogP contribution in [0.2, 0.25) is 0 Å². The second kappa shape index (κ2) is 7.57. The molecule has 26 heavy (non-hydrogen) atoms. The van der Waals surface area contributed by atoms with E-state index in [1.54, 1.807) is 0 Å². The van der Waals surface area contributed by atoms with Gasteiger partial charge < -0.3 is 11.1 Å². The molecule has 0 aromatic heterocycles. The van der Waals surface area contributed by atoms with Crippen LogP contribution in [-0.4, -0.2) is 22.5 Å². The van der Waals surface area contributed by atoms with Crippen LogP contribution in [0.5, 0.6) is 0 Å². The van der Waals surface area contributed by atoms with Gasteiger partial charge in [-0.2, -0.15) is 0 Å². The number of carbonyl (C=O) groups is 2. The Kier molecular flexibility index (Phi) is 5.22. The van der Waals surface area contributed by atoms with Gasteiger partial charge in [0.15, 0.2) is 0 Å². The fourth-order valence-electron chi connectivity index (χ4n) is 2.93. The largest absolute Gasteiger partial charge is 0.366 e. The molecule has 0 aliphatic heterocycles. The van der Waals surface area contributed by atoms with Crippen LogP contribution in [0.25, 0.3) is 0 Å². The summed E-state index contributed by atoms with van der Waals surface area (Å²) in [5, 5.41) is 14.0. The topological polar surface area (TPSA) is 115 Å². The zero-order valence-electron chi connectivity index (χ0n) is 13.9. The van der Waals surface area contributed by atoms with Crippen molar-refractivity contribution in [1.29, 1.82) is 0 Å². The molecule has 2 aromatic rings. The maximum Gasteiger partial charge on any atom is 0.283 e. The average Bonchev–Trinajstić information content (AvgIpc) is 3.07. The van der Waals surface area contributed by atoms with Gasteiger partial charge in [-0.3, -0.25) is 19.7 Å². The quantitative estimate of drug-likeness (QED) is 0.460. The van der Waals surface area contributed by atoms with E-state index in [0.717, 1.165) is 42.8 Å². The van der Waals surface area contributed by atoms with E-state index in [0.29, 0.717) is 4.90 Å². The molecule has 3 rings (SSSR count). The maximum atomic E-state index is 12.2. The first-order valence-electron chi connectivity index (χ1n) is 8.07. The molecule has 0 bridgehead atoms. The van der Waals surface area contributed by atoms with Crippen LogP contribution in [-0.2, 0) is 17.6 Å². The number of primary amides is 1. The molecule has 1 aliphatic rings. The van der Waals surface area contributed by atoms with Crippen molar-refractivity contribution in [3.05, 3.63) is 63.2 Å². The molecule has 2 aromatic carbocycles. The van der Waals surface area contributed by atoms with Gasteiger partial charge in [0.1, 0.15) is 0 Å². The summed E-state index contributed by atoms with van der Waals surface area (Å²) in [5.74, 6) is -0.964. The Labute approximate surface area is 154 Å². The highest BCUT2D eigenvalue weighted by Crippen LogP contribution is 2.30. The number of amides is 2. The molecule has 2 amide bonds. The van der Waals surface area contributed by atoms with Crippen molar-refractivity contribution in [2.24, 2.45) is 5.73 Å². The predicted molar refractivity (Wildman–Crippen MR) is 99.4 cm³/mol. The highest BCUT2D eigenvalue weighted by molar-refractivity contribution is 8.00. The number of fused-ring (bicyclic) bond motifs is 1. The minimum absolute atomic E-state index is 0.0217. The van der Waals surface area contributed by atoms with Crippen LogP contribution in [0, 0.1) is 10.1 Å². The summed E-state index contributed by atoms with van der Waals surface area (Å²) in [5.41, 5.74) is 8.28. The molecule has 0 radical (unpaired) electrons. The van der Waals surface area contributed by atoms with Crippen molar-refractivity contribution < 1.29 is 14.5 Å². The van der Waals surface area contributed by atoms with E-state index < -0.39 is 10.8 Å². The Hall–Kier alpha value is -2.87. The number of hydrogen-bond donors (Lipinski definition) is 2. The van der Waals surface area contributed by atoms with E-state index in [-0.39, 0.29) is 22.9 Å². The molecule has 0 spiro atoms. The Morgan fingerprint density at radius 1 is 1.15 bits per heavy atom. The molecule has 1 aliphatic carbocycles. The number of nitrogens with one attached hydrogen (secondary N) is 1. The smallest absolute Gasteiger partial charge is 0.283 e. The van der Waals surface area contributed by atoms with Crippen LogP contribution in [0.1, 0.15) is 27.9 Å². The first-order valence-corrected chi connectivity index (χ1v) is 9.05. The Bertz CT molecular complexity index is 898. The van der Waals surface area contributed by atoms with E-state index in [9.17, 15) is 19.7 Å². The van der Waals surface area contributed by atoms with E-state index in [4.69, 9.17) is 5.73 Å². The number of nitro benzene ring substituents is 1. The van der Waals surface area contributed by atoms with Crippen molar-refractivity contribution in [3.63, 3.8) is 0 Å². The van der Waals surface area contributed by atoms with Crippen molar-refractivity contribution in [1.82, 2.24) is 0 Å². The predicted octanol–water partition coefficient (Wildman–Crippen LogP) is 2.91. The van der Waals surface area contributed by atoms with E-state index in [2.05, 4.69) is 5.32 Å². The Morgan fingerprint density at radius 2 is 1.92 bits per heavy atom. The molecule has 134 valence electrons. The van der Waals surface area contributed by atoms with Crippen molar-refractivity contribution in [2.75, 3.05) is 11.1 Å². The zero-order chi connectivity index (χ0) is 18.7. The van der Waals surface area contributed by atoms with Gasteiger partial charge in [0.05, 0.1) is 15.6 Å². The summed E-state index contributed by atoms with van der Waals surface area (Å²) in [6.07, 6.45) is 3.23.